The van der Waals surface area contributed by atoms with Crippen LogP contribution in [0.2, 0.25) is 0 Å². The number of nitrogens with one attached hydrogen (secondary N) is 1. The second kappa shape index (κ2) is 6.80. The van der Waals surface area contributed by atoms with Crippen molar-refractivity contribution in [3.63, 3.8) is 0 Å². The van der Waals surface area contributed by atoms with Gasteiger partial charge in [0.05, 0.1) is 6.61 Å². The largest absolute Gasteiger partial charge is 0.860 e. The second-order valence-electron chi connectivity index (χ2n) is 4.70. The van der Waals surface area contributed by atoms with Crippen LogP contribution in [-0.4, -0.2) is 16.2 Å². The van der Waals surface area contributed by atoms with Crippen LogP contribution in [0.15, 0.2) is 46.5 Å². The van der Waals surface area contributed by atoms with Crippen LogP contribution in [0, 0.1) is 0 Å². The van der Waals surface area contributed by atoms with Crippen LogP contribution in [0.5, 0.6) is 11.6 Å². The molecule has 6 nitrogen and oxygen atoms in total. The summed E-state index contributed by atoms with van der Waals surface area (Å²) in [5.41, 5.74) is -0.546. The molecule has 1 N–H and O–H groups in total. The van der Waals surface area contributed by atoms with Gasteiger partial charge in [-0.15, -0.1) is 6.58 Å². The van der Waals surface area contributed by atoms with Crippen LogP contribution in [0.4, 0.5) is 0 Å². The molecular weight excluding hydrogens is 284 g/mol. The van der Waals surface area contributed by atoms with Crippen LogP contribution >= 0.6 is 0 Å². The van der Waals surface area contributed by atoms with E-state index < -0.39 is 17.1 Å². The zero-order valence-corrected chi connectivity index (χ0v) is 12.3. The maximum atomic E-state index is 12.2. The molecule has 1 aromatic heterocycles. The highest BCUT2D eigenvalue weighted by molar-refractivity contribution is 5.33. The first kappa shape index (κ1) is 15.6. The summed E-state index contributed by atoms with van der Waals surface area (Å²) < 4.78 is 6.30. The van der Waals surface area contributed by atoms with Crippen molar-refractivity contribution in [2.75, 3.05) is 6.61 Å². The smallest absolute Gasteiger partial charge is 0.328 e. The van der Waals surface area contributed by atoms with E-state index in [0.29, 0.717) is 6.61 Å². The first-order chi connectivity index (χ1) is 10.6. The molecule has 6 heteroatoms. The summed E-state index contributed by atoms with van der Waals surface area (Å²) in [7, 11) is 0. The van der Waals surface area contributed by atoms with Gasteiger partial charge in [0.2, 0.25) is 0 Å². The van der Waals surface area contributed by atoms with E-state index in [4.69, 9.17) is 4.74 Å². The summed E-state index contributed by atoms with van der Waals surface area (Å²) in [4.78, 5) is 25.7. The monoisotopic (exact) mass is 301 g/mol. The van der Waals surface area contributed by atoms with Gasteiger partial charge in [0.15, 0.2) is 0 Å². The lowest BCUT2D eigenvalue weighted by Gasteiger charge is -2.18. The molecule has 0 spiro atoms. The molecule has 116 valence electrons. The standard InChI is InChI=1S/C16H18N2O4/c1-3-9-18-15(20)13(14(19)17-16(18)21)10-11-5-7-12(8-6-11)22-4-2/h3,5-8,20H,1,4,9-10H2,2H3,(H,17,19,21)/p-1. The van der Waals surface area contributed by atoms with Crippen molar-refractivity contribution in [3.8, 4) is 11.6 Å². The molecule has 22 heavy (non-hydrogen) atoms. The van der Waals surface area contributed by atoms with Gasteiger partial charge in [-0.2, -0.15) is 0 Å². The van der Waals surface area contributed by atoms with Gasteiger partial charge >= 0.3 is 5.69 Å². The number of ether oxygens (including phenoxy) is 1. The van der Waals surface area contributed by atoms with Crippen LogP contribution in [0.3, 0.4) is 0 Å². The molecule has 0 saturated heterocycles. The van der Waals surface area contributed by atoms with E-state index >= 15 is 0 Å². The number of aromatic amines is 1. The Hall–Kier alpha value is -2.76. The molecule has 2 rings (SSSR count). The lowest BCUT2D eigenvalue weighted by Crippen LogP contribution is -2.34. The number of rotatable bonds is 6. The van der Waals surface area contributed by atoms with Crippen LogP contribution < -0.4 is 21.1 Å². The Morgan fingerprint density at radius 1 is 1.32 bits per heavy atom. The molecule has 0 radical (unpaired) electrons. The Bertz CT molecular complexity index is 772. The SMILES string of the molecule is C=CCn1c([O-])c(Cc2ccc(OCC)cc2)c(=O)[nH]c1=O. The average molecular weight is 301 g/mol. The van der Waals surface area contributed by atoms with Gasteiger partial charge in [0, 0.05) is 18.5 Å². The van der Waals surface area contributed by atoms with E-state index in [-0.39, 0.29) is 18.5 Å². The van der Waals surface area contributed by atoms with Gasteiger partial charge < -0.3 is 14.4 Å². The third-order valence-electron chi connectivity index (χ3n) is 3.17. The van der Waals surface area contributed by atoms with Crippen LogP contribution in [-0.2, 0) is 13.0 Å². The summed E-state index contributed by atoms with van der Waals surface area (Å²) in [6, 6.07) is 7.12. The Labute approximate surface area is 127 Å². The second-order valence-corrected chi connectivity index (χ2v) is 4.70. The fourth-order valence-corrected chi connectivity index (χ4v) is 2.12. The Morgan fingerprint density at radius 2 is 2.00 bits per heavy atom. The molecule has 0 saturated carbocycles. The van der Waals surface area contributed by atoms with Gasteiger partial charge in [0.1, 0.15) is 5.75 Å². The van der Waals surface area contributed by atoms with E-state index in [0.717, 1.165) is 15.9 Å². The molecule has 1 heterocycles. The van der Waals surface area contributed by atoms with E-state index in [2.05, 4.69) is 11.6 Å². The third-order valence-corrected chi connectivity index (χ3v) is 3.17. The maximum absolute atomic E-state index is 12.2. The molecule has 0 fully saturated rings. The summed E-state index contributed by atoms with van der Waals surface area (Å²) in [5, 5.41) is 12.2. The Balaban J connectivity index is 2.36. The van der Waals surface area contributed by atoms with Crippen LogP contribution in [0.1, 0.15) is 18.1 Å². The molecular formula is C16H17N2O4-. The topological polar surface area (TPSA) is 87.2 Å². The highest BCUT2D eigenvalue weighted by Crippen LogP contribution is 2.16. The van der Waals surface area contributed by atoms with Gasteiger partial charge in [-0.1, -0.05) is 18.2 Å². The molecule has 0 bridgehead atoms. The first-order valence-corrected chi connectivity index (χ1v) is 6.92. The number of benzene rings is 1. The highest BCUT2D eigenvalue weighted by Gasteiger charge is 2.08. The molecule has 1 aromatic carbocycles. The van der Waals surface area contributed by atoms with Crippen molar-refractivity contribution in [3.05, 3.63) is 68.9 Å². The fourth-order valence-electron chi connectivity index (χ4n) is 2.12. The van der Waals surface area contributed by atoms with Gasteiger partial charge in [-0.25, -0.2) is 4.79 Å². The summed E-state index contributed by atoms with van der Waals surface area (Å²) in [6.07, 6.45) is 1.58. The van der Waals surface area contributed by atoms with E-state index in [9.17, 15) is 14.7 Å². The van der Waals surface area contributed by atoms with Crippen molar-refractivity contribution in [1.82, 2.24) is 9.55 Å². The lowest BCUT2D eigenvalue weighted by atomic mass is 10.1. The average Bonchev–Trinajstić information content (AvgIpc) is 2.50. The molecule has 0 aliphatic rings. The zero-order chi connectivity index (χ0) is 16.1. The molecule has 0 aliphatic carbocycles. The van der Waals surface area contributed by atoms with Crippen molar-refractivity contribution in [2.45, 2.75) is 19.9 Å². The van der Waals surface area contributed by atoms with Gasteiger partial charge in [-0.3, -0.25) is 9.78 Å². The van der Waals surface area contributed by atoms with E-state index in [1.165, 1.54) is 6.08 Å². The third kappa shape index (κ3) is 3.28. The number of hydrogen-bond acceptors (Lipinski definition) is 4. The van der Waals surface area contributed by atoms with Crippen molar-refractivity contribution < 1.29 is 9.84 Å². The number of hydrogen-bond donors (Lipinski definition) is 1. The summed E-state index contributed by atoms with van der Waals surface area (Å²) in [5.74, 6) is 0.140. The van der Waals surface area contributed by atoms with E-state index in [1.54, 1.807) is 24.3 Å². The van der Waals surface area contributed by atoms with Crippen molar-refractivity contribution >= 4 is 0 Å². The van der Waals surface area contributed by atoms with E-state index in [1.807, 2.05) is 6.92 Å². The number of H-pyrrole nitrogens is 1. The minimum Gasteiger partial charge on any atom is -0.860 e. The van der Waals surface area contributed by atoms with Gasteiger partial charge in [-0.05, 0) is 30.5 Å². The lowest BCUT2D eigenvalue weighted by molar-refractivity contribution is -0.281. The molecule has 0 atom stereocenters. The predicted octanol–water partition coefficient (Wildman–Crippen LogP) is 0.786. The van der Waals surface area contributed by atoms with Crippen molar-refractivity contribution in [1.29, 1.82) is 0 Å². The van der Waals surface area contributed by atoms with Crippen molar-refractivity contribution in [2.24, 2.45) is 0 Å². The number of allylic oxidation sites excluding steroid dienone is 1. The molecule has 0 amide bonds. The number of aromatic nitrogens is 2. The number of nitrogens with zero attached hydrogens (tertiary/aromatic N) is 1. The molecule has 2 aromatic rings. The quantitative estimate of drug-likeness (QED) is 0.799. The predicted molar refractivity (Wildman–Crippen MR) is 81.4 cm³/mol. The first-order valence-electron chi connectivity index (χ1n) is 6.92. The normalized spacial score (nSPS) is 10.4. The van der Waals surface area contributed by atoms with Crippen LogP contribution in [0.25, 0.3) is 0 Å². The minimum absolute atomic E-state index is 0.0330. The molecule has 0 unspecified atom stereocenters. The fraction of sp³-hybridized carbons (Fsp3) is 0.250. The Morgan fingerprint density at radius 3 is 2.59 bits per heavy atom. The minimum atomic E-state index is -0.717. The van der Waals surface area contributed by atoms with Gasteiger partial charge in [0.25, 0.3) is 5.56 Å². The Kier molecular flexibility index (Phi) is 4.83. The summed E-state index contributed by atoms with van der Waals surface area (Å²) >= 11 is 0. The highest BCUT2D eigenvalue weighted by atomic mass is 16.5. The maximum Gasteiger partial charge on any atom is 0.328 e. The molecule has 0 aliphatic heterocycles. The summed E-state index contributed by atoms with van der Waals surface area (Å²) in [6.45, 7) is 6.01. The zero-order valence-electron chi connectivity index (χ0n) is 12.3.